The molecule has 1 saturated heterocycles. The van der Waals surface area contributed by atoms with Crippen LogP contribution in [0.1, 0.15) is 23.9 Å². The fourth-order valence-corrected chi connectivity index (χ4v) is 3.34. The van der Waals surface area contributed by atoms with Crippen molar-refractivity contribution in [1.29, 1.82) is 0 Å². The molecule has 0 saturated carbocycles. The molecule has 7 nitrogen and oxygen atoms in total. The van der Waals surface area contributed by atoms with E-state index in [0.29, 0.717) is 12.5 Å². The number of aryl methyl sites for hydroxylation is 1. The van der Waals surface area contributed by atoms with Gasteiger partial charge in [-0.25, -0.2) is 15.0 Å². The van der Waals surface area contributed by atoms with Crippen LogP contribution >= 0.6 is 11.3 Å². The zero-order chi connectivity index (χ0) is 17.1. The van der Waals surface area contributed by atoms with E-state index in [1.807, 2.05) is 18.4 Å². The summed E-state index contributed by atoms with van der Waals surface area (Å²) in [4.78, 5) is 29.0. The van der Waals surface area contributed by atoms with Crippen molar-refractivity contribution in [2.45, 2.75) is 19.3 Å². The predicted molar refractivity (Wildman–Crippen MR) is 94.7 cm³/mol. The molecule has 2 aromatic rings. The molecule has 1 aliphatic heterocycles. The van der Waals surface area contributed by atoms with Crippen LogP contribution in [0.5, 0.6) is 0 Å². The Morgan fingerprint density at radius 3 is 3.00 bits per heavy atom. The van der Waals surface area contributed by atoms with Crippen LogP contribution < -0.4 is 5.32 Å². The molecule has 0 aliphatic carbocycles. The molecule has 8 heteroatoms. The second-order valence-electron chi connectivity index (χ2n) is 6.20. The van der Waals surface area contributed by atoms with Gasteiger partial charge in [0.1, 0.15) is 11.6 Å². The molecular weight excluding hydrogens is 324 g/mol. The Bertz CT molecular complexity index is 703. The average Bonchev–Trinajstić information content (AvgIpc) is 3.18. The van der Waals surface area contributed by atoms with Gasteiger partial charge in [-0.3, -0.25) is 9.69 Å². The monoisotopic (exact) mass is 346 g/mol. The number of thiazole rings is 1. The van der Waals surface area contributed by atoms with Crippen LogP contribution in [-0.4, -0.2) is 64.4 Å². The van der Waals surface area contributed by atoms with E-state index in [2.05, 4.69) is 25.2 Å². The maximum Gasteiger partial charge on any atom is 0.236 e. The van der Waals surface area contributed by atoms with E-state index >= 15 is 0 Å². The van der Waals surface area contributed by atoms with Crippen molar-refractivity contribution in [2.75, 3.05) is 39.0 Å². The first-order chi connectivity index (χ1) is 11.5. The summed E-state index contributed by atoms with van der Waals surface area (Å²) in [7, 11) is 3.58. The molecule has 3 rings (SSSR count). The summed E-state index contributed by atoms with van der Waals surface area (Å²) in [6, 6.07) is 2.00. The third-order valence-electron chi connectivity index (χ3n) is 4.07. The van der Waals surface area contributed by atoms with Gasteiger partial charge < -0.3 is 10.2 Å². The molecular formula is C16H22N6OS. The van der Waals surface area contributed by atoms with Crippen LogP contribution in [0.3, 0.4) is 0 Å². The number of aromatic nitrogens is 3. The van der Waals surface area contributed by atoms with E-state index in [1.165, 1.54) is 11.3 Å². The highest BCUT2D eigenvalue weighted by Gasteiger charge is 2.27. The molecule has 1 fully saturated rings. The van der Waals surface area contributed by atoms with Crippen molar-refractivity contribution in [2.24, 2.45) is 0 Å². The van der Waals surface area contributed by atoms with E-state index in [0.717, 1.165) is 42.0 Å². The molecule has 1 N–H and O–H groups in total. The lowest BCUT2D eigenvalue weighted by molar-refractivity contribution is -0.129. The number of hydrogen-bond acceptors (Lipinski definition) is 7. The van der Waals surface area contributed by atoms with Crippen LogP contribution in [0.4, 0.5) is 10.9 Å². The summed E-state index contributed by atoms with van der Waals surface area (Å²) >= 11 is 1.54. The number of rotatable bonds is 5. The fourth-order valence-electron chi connectivity index (χ4n) is 2.81. The first-order valence-corrected chi connectivity index (χ1v) is 8.84. The van der Waals surface area contributed by atoms with E-state index in [-0.39, 0.29) is 5.91 Å². The Hall–Kier alpha value is -2.06. The van der Waals surface area contributed by atoms with Gasteiger partial charge >= 0.3 is 0 Å². The van der Waals surface area contributed by atoms with Crippen LogP contribution in [-0.2, 0) is 4.79 Å². The molecule has 1 amide bonds. The molecule has 1 atom stereocenters. The number of likely N-dealkylation sites (N-methyl/N-ethyl adjacent to an activating group) is 1. The van der Waals surface area contributed by atoms with Crippen LogP contribution in [0.15, 0.2) is 17.6 Å². The molecule has 0 radical (unpaired) electrons. The topological polar surface area (TPSA) is 74.2 Å². The van der Waals surface area contributed by atoms with Gasteiger partial charge in [0.25, 0.3) is 0 Å². The first kappa shape index (κ1) is 16.8. The maximum atomic E-state index is 11.9. The van der Waals surface area contributed by atoms with Gasteiger partial charge in [0.15, 0.2) is 5.13 Å². The van der Waals surface area contributed by atoms with E-state index in [1.54, 1.807) is 25.2 Å². The number of carbonyl (C=O) groups excluding carboxylic acids is 1. The summed E-state index contributed by atoms with van der Waals surface area (Å²) in [6.07, 6.45) is 2.77. The molecule has 3 heterocycles. The number of hydrogen-bond donors (Lipinski definition) is 1. The number of anilines is 2. The Labute approximate surface area is 145 Å². The van der Waals surface area contributed by atoms with E-state index < -0.39 is 0 Å². The number of amides is 1. The van der Waals surface area contributed by atoms with Gasteiger partial charge in [-0.15, -0.1) is 11.3 Å². The lowest BCUT2D eigenvalue weighted by atomic mass is 10.0. The molecule has 0 aromatic carbocycles. The summed E-state index contributed by atoms with van der Waals surface area (Å²) in [6.45, 7) is 4.14. The SMILES string of the molecule is Cc1nc(Nc2nccs2)cc([C@@H]2CCN(CC(=O)N(C)C)C2)n1. The third kappa shape index (κ3) is 4.07. The molecule has 0 bridgehead atoms. The summed E-state index contributed by atoms with van der Waals surface area (Å²) in [5, 5.41) is 5.98. The highest BCUT2D eigenvalue weighted by Crippen LogP contribution is 2.28. The highest BCUT2D eigenvalue weighted by molar-refractivity contribution is 7.13. The summed E-state index contributed by atoms with van der Waals surface area (Å²) in [5.41, 5.74) is 1.03. The number of carbonyl (C=O) groups is 1. The quantitative estimate of drug-likeness (QED) is 0.891. The highest BCUT2D eigenvalue weighted by atomic mass is 32.1. The van der Waals surface area contributed by atoms with Gasteiger partial charge in [0.05, 0.1) is 12.2 Å². The second-order valence-corrected chi connectivity index (χ2v) is 7.09. The maximum absolute atomic E-state index is 11.9. The average molecular weight is 346 g/mol. The predicted octanol–water partition coefficient (Wildman–Crippen LogP) is 1.86. The van der Waals surface area contributed by atoms with Gasteiger partial charge in [-0.05, 0) is 19.9 Å². The zero-order valence-electron chi connectivity index (χ0n) is 14.2. The minimum Gasteiger partial charge on any atom is -0.348 e. The summed E-state index contributed by atoms with van der Waals surface area (Å²) in [5.74, 6) is 1.99. The molecule has 0 unspecified atom stereocenters. The van der Waals surface area contributed by atoms with Crippen LogP contribution in [0.25, 0.3) is 0 Å². The van der Waals surface area contributed by atoms with Gasteiger partial charge in [-0.1, -0.05) is 0 Å². The molecule has 1 aliphatic rings. The van der Waals surface area contributed by atoms with Gasteiger partial charge in [0, 0.05) is 44.2 Å². The van der Waals surface area contributed by atoms with Gasteiger partial charge in [0.2, 0.25) is 5.91 Å². The minimum atomic E-state index is 0.139. The molecule has 0 spiro atoms. The number of likely N-dealkylation sites (tertiary alicyclic amines) is 1. The van der Waals surface area contributed by atoms with Crippen LogP contribution in [0, 0.1) is 6.92 Å². The van der Waals surface area contributed by atoms with E-state index in [4.69, 9.17) is 0 Å². The Balaban J connectivity index is 1.68. The largest absolute Gasteiger partial charge is 0.348 e. The Morgan fingerprint density at radius 2 is 2.29 bits per heavy atom. The number of nitrogens with zero attached hydrogens (tertiary/aromatic N) is 5. The zero-order valence-corrected chi connectivity index (χ0v) is 15.0. The van der Waals surface area contributed by atoms with Crippen molar-refractivity contribution < 1.29 is 4.79 Å². The Kier molecular flexibility index (Phi) is 5.06. The number of nitrogens with one attached hydrogen (secondary N) is 1. The lowest BCUT2D eigenvalue weighted by Crippen LogP contribution is -2.35. The second kappa shape index (κ2) is 7.23. The first-order valence-electron chi connectivity index (χ1n) is 7.96. The minimum absolute atomic E-state index is 0.139. The lowest BCUT2D eigenvalue weighted by Gasteiger charge is -2.18. The van der Waals surface area contributed by atoms with Crippen molar-refractivity contribution in [3.05, 3.63) is 29.2 Å². The summed E-state index contributed by atoms with van der Waals surface area (Å²) < 4.78 is 0. The standard InChI is InChI=1S/C16H22N6OS/c1-11-18-13(8-14(19-11)20-16-17-5-7-24-16)12-4-6-22(9-12)10-15(23)21(2)3/h5,7-8,12H,4,6,9-10H2,1-3H3,(H,17,18,19,20)/t12-/m1/s1. The smallest absolute Gasteiger partial charge is 0.236 e. The molecule has 24 heavy (non-hydrogen) atoms. The normalized spacial score (nSPS) is 17.9. The fraction of sp³-hybridized carbons (Fsp3) is 0.500. The Morgan fingerprint density at radius 1 is 1.46 bits per heavy atom. The molecule has 2 aromatic heterocycles. The van der Waals surface area contributed by atoms with Crippen molar-refractivity contribution in [3.63, 3.8) is 0 Å². The van der Waals surface area contributed by atoms with Crippen molar-refractivity contribution >= 4 is 28.2 Å². The van der Waals surface area contributed by atoms with Gasteiger partial charge in [-0.2, -0.15) is 0 Å². The van der Waals surface area contributed by atoms with Crippen molar-refractivity contribution in [3.8, 4) is 0 Å². The molecule has 128 valence electrons. The third-order valence-corrected chi connectivity index (χ3v) is 4.76. The van der Waals surface area contributed by atoms with Crippen molar-refractivity contribution in [1.82, 2.24) is 24.8 Å². The van der Waals surface area contributed by atoms with Crippen LogP contribution in [0.2, 0.25) is 0 Å². The van der Waals surface area contributed by atoms with E-state index in [9.17, 15) is 4.79 Å².